The zero-order valence-electron chi connectivity index (χ0n) is 13.0. The minimum absolute atomic E-state index is 0.125. The first-order valence-corrected chi connectivity index (χ1v) is 9.02. The molecule has 3 aliphatic carbocycles. The zero-order valence-corrected chi connectivity index (χ0v) is 14.6. The van der Waals surface area contributed by atoms with Crippen LogP contribution in [0.5, 0.6) is 0 Å². The standard InChI is InChI=1S/C18H14Cl2N2O3/c19-8-1-2-9(12(20)7-8)15(23)21-22-16(24)13-10-3-4-11(14(13)17(22)25)18(10)5-6-18/h1-4,7,10-11,13-14H,5-6H2,(H,21,23)/t10-,11+,13-,14-/m0/s1. The molecular weight excluding hydrogens is 363 g/mol. The normalized spacial score (nSPS) is 33.3. The van der Waals surface area contributed by atoms with Gasteiger partial charge in [0, 0.05) is 5.02 Å². The van der Waals surface area contributed by atoms with Gasteiger partial charge in [0.25, 0.3) is 17.7 Å². The topological polar surface area (TPSA) is 66.5 Å². The highest BCUT2D eigenvalue weighted by molar-refractivity contribution is 6.36. The lowest BCUT2D eigenvalue weighted by atomic mass is 9.85. The van der Waals surface area contributed by atoms with Crippen LogP contribution in [0.1, 0.15) is 23.2 Å². The third-order valence-electron chi connectivity index (χ3n) is 6.24. The predicted molar refractivity (Wildman–Crippen MR) is 90.5 cm³/mol. The van der Waals surface area contributed by atoms with Gasteiger partial charge in [-0.05, 0) is 48.3 Å². The van der Waals surface area contributed by atoms with E-state index in [2.05, 4.69) is 17.6 Å². The van der Waals surface area contributed by atoms with E-state index in [-0.39, 0.29) is 51.5 Å². The molecule has 25 heavy (non-hydrogen) atoms. The first-order valence-electron chi connectivity index (χ1n) is 8.26. The van der Waals surface area contributed by atoms with Crippen molar-refractivity contribution in [2.75, 3.05) is 0 Å². The van der Waals surface area contributed by atoms with Gasteiger partial charge in [-0.25, -0.2) is 0 Å². The number of nitrogens with one attached hydrogen (secondary N) is 1. The van der Waals surface area contributed by atoms with Crippen LogP contribution in [0.15, 0.2) is 30.4 Å². The molecule has 1 N–H and O–H groups in total. The Bertz CT molecular complexity index is 843. The number of carbonyl (C=O) groups excluding carboxylic acids is 3. The van der Waals surface area contributed by atoms with Gasteiger partial charge in [0.05, 0.1) is 22.4 Å². The van der Waals surface area contributed by atoms with Crippen molar-refractivity contribution in [3.8, 4) is 0 Å². The summed E-state index contributed by atoms with van der Waals surface area (Å²) in [6.45, 7) is 0. The van der Waals surface area contributed by atoms with Gasteiger partial charge < -0.3 is 0 Å². The molecule has 1 aliphatic heterocycles. The molecule has 4 aliphatic rings. The van der Waals surface area contributed by atoms with E-state index in [1.54, 1.807) is 0 Å². The fraction of sp³-hybridized carbons (Fsp3) is 0.389. The van der Waals surface area contributed by atoms with Crippen LogP contribution in [0.25, 0.3) is 0 Å². The van der Waals surface area contributed by atoms with Crippen molar-refractivity contribution in [2.45, 2.75) is 12.8 Å². The molecule has 128 valence electrons. The van der Waals surface area contributed by atoms with Gasteiger partial charge in [-0.1, -0.05) is 35.4 Å². The molecular formula is C18H14Cl2N2O3. The average Bonchev–Trinajstić information content (AvgIpc) is 3.17. The molecule has 2 bridgehead atoms. The lowest BCUT2D eigenvalue weighted by Gasteiger charge is -2.22. The van der Waals surface area contributed by atoms with Crippen LogP contribution in [0.3, 0.4) is 0 Å². The number of imide groups is 1. The summed E-state index contributed by atoms with van der Waals surface area (Å²) >= 11 is 11.9. The van der Waals surface area contributed by atoms with Crippen molar-refractivity contribution in [3.05, 3.63) is 46.0 Å². The SMILES string of the molecule is O=C(NN1C(=O)[C@@H]2[C@@H](C1=O)[C@@H]1C=C[C@H]2C12CC2)c1ccc(Cl)cc1Cl. The first-order chi connectivity index (χ1) is 11.9. The Morgan fingerprint density at radius 3 is 2.20 bits per heavy atom. The monoisotopic (exact) mass is 376 g/mol. The largest absolute Gasteiger partial charge is 0.272 e. The number of hydrogen-bond acceptors (Lipinski definition) is 3. The van der Waals surface area contributed by atoms with Crippen molar-refractivity contribution in [1.82, 2.24) is 10.4 Å². The minimum Gasteiger partial charge on any atom is -0.272 e. The molecule has 5 nitrogen and oxygen atoms in total. The van der Waals surface area contributed by atoms with Crippen molar-refractivity contribution in [3.63, 3.8) is 0 Å². The number of hydrazine groups is 1. The Kier molecular flexibility index (Phi) is 3.00. The third kappa shape index (κ3) is 1.88. The summed E-state index contributed by atoms with van der Waals surface area (Å²) < 4.78 is 0. The second-order valence-electron chi connectivity index (χ2n) is 7.30. The Morgan fingerprint density at radius 2 is 1.68 bits per heavy atom. The maximum Gasteiger partial charge on any atom is 0.271 e. The van der Waals surface area contributed by atoms with Crippen LogP contribution in [0.2, 0.25) is 10.0 Å². The molecule has 1 aromatic carbocycles. The Balaban J connectivity index is 1.41. The summed E-state index contributed by atoms with van der Waals surface area (Å²) in [6.07, 6.45) is 6.34. The van der Waals surface area contributed by atoms with Gasteiger partial charge in [0.1, 0.15) is 0 Å². The van der Waals surface area contributed by atoms with E-state index in [0.717, 1.165) is 17.9 Å². The number of fused-ring (bicyclic) bond motifs is 3. The van der Waals surface area contributed by atoms with Crippen LogP contribution < -0.4 is 5.43 Å². The number of allylic oxidation sites excluding steroid dienone is 2. The van der Waals surface area contributed by atoms with Crippen molar-refractivity contribution in [2.24, 2.45) is 29.1 Å². The average molecular weight is 377 g/mol. The smallest absolute Gasteiger partial charge is 0.271 e. The van der Waals surface area contributed by atoms with Gasteiger partial charge in [0.15, 0.2) is 0 Å². The van der Waals surface area contributed by atoms with Crippen LogP contribution in [-0.4, -0.2) is 22.7 Å². The molecule has 3 amide bonds. The van der Waals surface area contributed by atoms with Crippen molar-refractivity contribution >= 4 is 40.9 Å². The lowest BCUT2D eigenvalue weighted by Crippen LogP contribution is -2.48. The van der Waals surface area contributed by atoms with Gasteiger partial charge >= 0.3 is 0 Å². The Labute approximate surface area is 153 Å². The summed E-state index contributed by atoms with van der Waals surface area (Å²) in [4.78, 5) is 38.1. The van der Waals surface area contributed by atoms with Gasteiger partial charge in [-0.2, -0.15) is 5.01 Å². The molecule has 1 spiro atoms. The predicted octanol–water partition coefficient (Wildman–Crippen LogP) is 2.84. The van der Waals surface area contributed by atoms with Crippen LogP contribution in [-0.2, 0) is 9.59 Å². The summed E-state index contributed by atoms with van der Waals surface area (Å²) in [5, 5.41) is 1.47. The highest BCUT2D eigenvalue weighted by Crippen LogP contribution is 2.73. The highest BCUT2D eigenvalue weighted by atomic mass is 35.5. The van der Waals surface area contributed by atoms with E-state index in [0.29, 0.717) is 5.02 Å². The summed E-state index contributed by atoms with van der Waals surface area (Å²) in [5.41, 5.74) is 2.75. The number of nitrogens with zero attached hydrogens (tertiary/aromatic N) is 1. The fourth-order valence-corrected chi connectivity index (χ4v) is 5.52. The number of hydrogen-bond donors (Lipinski definition) is 1. The van der Waals surface area contributed by atoms with E-state index >= 15 is 0 Å². The van der Waals surface area contributed by atoms with E-state index in [4.69, 9.17) is 23.2 Å². The minimum atomic E-state index is -0.593. The van der Waals surface area contributed by atoms with Crippen molar-refractivity contribution in [1.29, 1.82) is 0 Å². The Hall–Kier alpha value is -1.85. The molecule has 3 fully saturated rings. The van der Waals surface area contributed by atoms with Gasteiger partial charge in [-0.15, -0.1) is 0 Å². The summed E-state index contributed by atoms with van der Waals surface area (Å²) in [6, 6.07) is 4.45. The van der Waals surface area contributed by atoms with Crippen LogP contribution in [0, 0.1) is 29.1 Å². The second-order valence-corrected chi connectivity index (χ2v) is 8.14. The molecule has 1 aromatic rings. The zero-order chi connectivity index (χ0) is 17.5. The molecule has 0 radical (unpaired) electrons. The first kappa shape index (κ1) is 15.4. The van der Waals surface area contributed by atoms with Crippen LogP contribution in [0.4, 0.5) is 0 Å². The quantitative estimate of drug-likeness (QED) is 0.637. The van der Waals surface area contributed by atoms with E-state index in [1.165, 1.54) is 18.2 Å². The third-order valence-corrected chi connectivity index (χ3v) is 6.79. The summed E-state index contributed by atoms with van der Waals surface area (Å²) in [5.74, 6) is -1.64. The second kappa shape index (κ2) is 4.86. The molecule has 0 unspecified atom stereocenters. The fourth-order valence-electron chi connectivity index (χ4n) is 5.02. The number of benzene rings is 1. The van der Waals surface area contributed by atoms with E-state index in [1.807, 2.05) is 0 Å². The van der Waals surface area contributed by atoms with E-state index in [9.17, 15) is 14.4 Å². The van der Waals surface area contributed by atoms with Crippen molar-refractivity contribution < 1.29 is 14.4 Å². The molecule has 1 heterocycles. The molecule has 0 aromatic heterocycles. The van der Waals surface area contributed by atoms with E-state index < -0.39 is 5.91 Å². The maximum absolute atomic E-state index is 12.8. The Morgan fingerprint density at radius 1 is 1.08 bits per heavy atom. The molecule has 1 saturated heterocycles. The molecule has 2 saturated carbocycles. The number of amides is 3. The highest BCUT2D eigenvalue weighted by Gasteiger charge is 2.73. The number of carbonyl (C=O) groups is 3. The number of rotatable bonds is 2. The molecule has 7 heteroatoms. The van der Waals surface area contributed by atoms with Crippen LogP contribution >= 0.6 is 23.2 Å². The molecule has 4 atom stereocenters. The number of halogens is 2. The van der Waals surface area contributed by atoms with Gasteiger partial charge in [-0.3, -0.25) is 19.8 Å². The lowest BCUT2D eigenvalue weighted by molar-refractivity contribution is -0.144. The molecule has 5 rings (SSSR count). The summed E-state index contributed by atoms with van der Waals surface area (Å²) in [7, 11) is 0. The maximum atomic E-state index is 12.8. The van der Waals surface area contributed by atoms with Gasteiger partial charge in [0.2, 0.25) is 0 Å².